The molecule has 0 saturated heterocycles. The molecule has 0 atom stereocenters. The van der Waals surface area contributed by atoms with Crippen molar-refractivity contribution >= 4 is 27.5 Å². The largest absolute Gasteiger partial charge is 0.481 e. The zero-order valence-corrected chi connectivity index (χ0v) is 13.2. The maximum absolute atomic E-state index is 11.8. The van der Waals surface area contributed by atoms with Crippen LogP contribution in [-0.4, -0.2) is 24.5 Å². The smallest absolute Gasteiger partial charge is 0.238 e. The summed E-state index contributed by atoms with van der Waals surface area (Å²) in [4.78, 5) is 15.9. The van der Waals surface area contributed by atoms with Crippen molar-refractivity contribution in [3.05, 3.63) is 52.6 Å². The van der Waals surface area contributed by atoms with Gasteiger partial charge < -0.3 is 15.4 Å². The fourth-order valence-electron chi connectivity index (χ4n) is 1.75. The molecule has 0 unspecified atom stereocenters. The van der Waals surface area contributed by atoms with Gasteiger partial charge in [-0.3, -0.25) is 4.79 Å². The molecule has 5 nitrogen and oxygen atoms in total. The molecule has 0 aliphatic heterocycles. The molecule has 0 spiro atoms. The second-order valence-corrected chi connectivity index (χ2v) is 5.19. The number of aromatic nitrogens is 1. The molecular formula is C15H16BrN3O2. The normalized spacial score (nSPS) is 10.2. The summed E-state index contributed by atoms with van der Waals surface area (Å²) in [6.07, 6.45) is 1.68. The number of ether oxygens (including phenoxy) is 1. The molecule has 1 aromatic carbocycles. The minimum atomic E-state index is -0.0945. The average molecular weight is 350 g/mol. The second kappa shape index (κ2) is 7.75. The van der Waals surface area contributed by atoms with E-state index in [2.05, 4.69) is 31.5 Å². The van der Waals surface area contributed by atoms with E-state index in [0.717, 1.165) is 15.7 Å². The quantitative estimate of drug-likeness (QED) is 0.841. The van der Waals surface area contributed by atoms with Crippen LogP contribution in [0.5, 0.6) is 5.88 Å². The van der Waals surface area contributed by atoms with Gasteiger partial charge in [0.15, 0.2) is 0 Å². The summed E-state index contributed by atoms with van der Waals surface area (Å²) in [5.41, 5.74) is 1.77. The predicted molar refractivity (Wildman–Crippen MR) is 85.3 cm³/mol. The molecule has 0 fully saturated rings. The van der Waals surface area contributed by atoms with Crippen LogP contribution in [0.15, 0.2) is 47.1 Å². The lowest BCUT2D eigenvalue weighted by molar-refractivity contribution is -0.115. The number of carbonyl (C=O) groups is 1. The number of para-hydroxylation sites is 1. The third kappa shape index (κ3) is 4.84. The number of amides is 1. The zero-order valence-electron chi connectivity index (χ0n) is 11.6. The van der Waals surface area contributed by atoms with Gasteiger partial charge in [0.1, 0.15) is 0 Å². The molecule has 1 heterocycles. The van der Waals surface area contributed by atoms with Gasteiger partial charge in [0.25, 0.3) is 0 Å². The van der Waals surface area contributed by atoms with Gasteiger partial charge in [-0.2, -0.15) is 0 Å². The van der Waals surface area contributed by atoms with E-state index in [1.165, 1.54) is 0 Å². The Balaban J connectivity index is 1.80. The van der Waals surface area contributed by atoms with E-state index in [4.69, 9.17) is 4.74 Å². The minimum absolute atomic E-state index is 0.0945. The fourth-order valence-corrected chi connectivity index (χ4v) is 2.13. The topological polar surface area (TPSA) is 63.2 Å². The third-order valence-electron chi connectivity index (χ3n) is 2.77. The SMILES string of the molecule is COc1cc(CNCC(=O)Nc2ccccc2Br)ccn1. The van der Waals surface area contributed by atoms with Crippen LogP contribution in [0.3, 0.4) is 0 Å². The number of pyridine rings is 1. The van der Waals surface area contributed by atoms with Crippen molar-refractivity contribution in [2.75, 3.05) is 19.0 Å². The molecule has 0 aliphatic rings. The first kappa shape index (κ1) is 15.5. The van der Waals surface area contributed by atoms with E-state index in [1.54, 1.807) is 13.3 Å². The number of hydrogen-bond acceptors (Lipinski definition) is 4. The van der Waals surface area contributed by atoms with E-state index in [0.29, 0.717) is 12.4 Å². The van der Waals surface area contributed by atoms with E-state index in [-0.39, 0.29) is 12.5 Å². The molecule has 21 heavy (non-hydrogen) atoms. The maximum Gasteiger partial charge on any atom is 0.238 e. The number of hydrogen-bond donors (Lipinski definition) is 2. The van der Waals surface area contributed by atoms with Crippen LogP contribution in [0.4, 0.5) is 5.69 Å². The van der Waals surface area contributed by atoms with Crippen molar-refractivity contribution < 1.29 is 9.53 Å². The van der Waals surface area contributed by atoms with Gasteiger partial charge in [-0.05, 0) is 39.7 Å². The number of nitrogens with zero attached hydrogens (tertiary/aromatic N) is 1. The highest BCUT2D eigenvalue weighted by Crippen LogP contribution is 2.20. The molecule has 0 radical (unpaired) electrons. The Morgan fingerprint density at radius 1 is 1.33 bits per heavy atom. The number of anilines is 1. The van der Waals surface area contributed by atoms with Crippen LogP contribution in [0.2, 0.25) is 0 Å². The summed E-state index contributed by atoms with van der Waals surface area (Å²) < 4.78 is 5.91. The van der Waals surface area contributed by atoms with Crippen LogP contribution in [0.25, 0.3) is 0 Å². The highest BCUT2D eigenvalue weighted by molar-refractivity contribution is 9.10. The monoisotopic (exact) mass is 349 g/mol. The van der Waals surface area contributed by atoms with Gasteiger partial charge in [-0.15, -0.1) is 0 Å². The van der Waals surface area contributed by atoms with Crippen LogP contribution in [0, 0.1) is 0 Å². The maximum atomic E-state index is 11.8. The predicted octanol–water partition coefficient (Wildman–Crippen LogP) is 2.58. The number of nitrogens with one attached hydrogen (secondary N) is 2. The lowest BCUT2D eigenvalue weighted by atomic mass is 10.2. The first-order valence-electron chi connectivity index (χ1n) is 6.43. The molecule has 6 heteroatoms. The van der Waals surface area contributed by atoms with Crippen LogP contribution in [-0.2, 0) is 11.3 Å². The van der Waals surface area contributed by atoms with Crippen molar-refractivity contribution in [3.8, 4) is 5.88 Å². The highest BCUT2D eigenvalue weighted by Gasteiger charge is 2.05. The lowest BCUT2D eigenvalue weighted by Crippen LogP contribution is -2.27. The fraction of sp³-hybridized carbons (Fsp3) is 0.200. The Labute approximate surface area is 131 Å². The van der Waals surface area contributed by atoms with Crippen LogP contribution >= 0.6 is 15.9 Å². The molecule has 0 bridgehead atoms. The molecule has 0 saturated carbocycles. The van der Waals surface area contributed by atoms with E-state index in [9.17, 15) is 4.79 Å². The Kier molecular flexibility index (Phi) is 5.71. The Bertz CT molecular complexity index is 619. The molecular weight excluding hydrogens is 334 g/mol. The summed E-state index contributed by atoms with van der Waals surface area (Å²) in [5, 5.41) is 5.92. The van der Waals surface area contributed by atoms with Gasteiger partial charge in [0, 0.05) is 23.3 Å². The summed E-state index contributed by atoms with van der Waals surface area (Å²) in [5.74, 6) is 0.467. The molecule has 2 aromatic rings. The standard InChI is InChI=1S/C15H16BrN3O2/c1-21-15-8-11(6-7-18-15)9-17-10-14(20)19-13-5-3-2-4-12(13)16/h2-8,17H,9-10H2,1H3,(H,19,20). The van der Waals surface area contributed by atoms with Crippen molar-refractivity contribution in [1.29, 1.82) is 0 Å². The second-order valence-electron chi connectivity index (χ2n) is 4.34. The third-order valence-corrected chi connectivity index (χ3v) is 3.46. The molecule has 1 amide bonds. The number of rotatable bonds is 6. The van der Waals surface area contributed by atoms with Gasteiger partial charge in [-0.1, -0.05) is 12.1 Å². The Morgan fingerprint density at radius 3 is 2.90 bits per heavy atom. The van der Waals surface area contributed by atoms with Crippen molar-refractivity contribution in [1.82, 2.24) is 10.3 Å². The summed E-state index contributed by atoms with van der Waals surface area (Å²) in [6.45, 7) is 0.800. The van der Waals surface area contributed by atoms with Crippen molar-refractivity contribution in [2.45, 2.75) is 6.54 Å². The van der Waals surface area contributed by atoms with Gasteiger partial charge in [-0.25, -0.2) is 4.98 Å². The number of methoxy groups -OCH3 is 1. The summed E-state index contributed by atoms with van der Waals surface area (Å²) in [6, 6.07) is 11.2. The molecule has 110 valence electrons. The summed E-state index contributed by atoms with van der Waals surface area (Å²) in [7, 11) is 1.57. The zero-order chi connectivity index (χ0) is 15.1. The Hall–Kier alpha value is -1.92. The lowest BCUT2D eigenvalue weighted by Gasteiger charge is -2.08. The minimum Gasteiger partial charge on any atom is -0.481 e. The molecule has 0 aliphatic carbocycles. The van der Waals surface area contributed by atoms with Crippen molar-refractivity contribution in [2.24, 2.45) is 0 Å². The summed E-state index contributed by atoms with van der Waals surface area (Å²) >= 11 is 3.39. The van der Waals surface area contributed by atoms with Crippen molar-refractivity contribution in [3.63, 3.8) is 0 Å². The van der Waals surface area contributed by atoms with E-state index >= 15 is 0 Å². The average Bonchev–Trinajstić information content (AvgIpc) is 2.50. The molecule has 1 aromatic heterocycles. The van der Waals surface area contributed by atoms with Gasteiger partial charge >= 0.3 is 0 Å². The van der Waals surface area contributed by atoms with E-state index < -0.39 is 0 Å². The molecule has 2 rings (SSSR count). The Morgan fingerprint density at radius 2 is 2.14 bits per heavy atom. The van der Waals surface area contributed by atoms with Gasteiger partial charge in [0.05, 0.1) is 19.3 Å². The van der Waals surface area contributed by atoms with Crippen LogP contribution < -0.4 is 15.4 Å². The first-order chi connectivity index (χ1) is 10.2. The number of carbonyl (C=O) groups excluding carboxylic acids is 1. The van der Waals surface area contributed by atoms with E-state index in [1.807, 2.05) is 36.4 Å². The first-order valence-corrected chi connectivity index (χ1v) is 7.22. The number of halogens is 1. The van der Waals surface area contributed by atoms with Gasteiger partial charge in [0.2, 0.25) is 11.8 Å². The number of benzene rings is 1. The highest BCUT2D eigenvalue weighted by atomic mass is 79.9. The van der Waals surface area contributed by atoms with Crippen LogP contribution in [0.1, 0.15) is 5.56 Å². The molecule has 2 N–H and O–H groups in total.